The number of nitrogens with one attached hydrogen (secondary N) is 1. The molecule has 118 valence electrons. The molecule has 1 amide bonds. The van der Waals surface area contributed by atoms with Crippen molar-refractivity contribution >= 4 is 11.9 Å². The minimum absolute atomic E-state index is 0. The third-order valence-electron chi connectivity index (χ3n) is 1.52. The van der Waals surface area contributed by atoms with Crippen LogP contribution in [0.15, 0.2) is 0 Å². The Hall–Kier alpha value is -1.18. The lowest BCUT2D eigenvalue weighted by Gasteiger charge is -2.07. The van der Waals surface area contributed by atoms with Crippen LogP contribution in [0.1, 0.15) is 29.2 Å². The average Bonchev–Trinajstić information content (AvgIpc) is 2.25. The normalized spacial score (nSPS) is 10.1. The van der Waals surface area contributed by atoms with Gasteiger partial charge < -0.3 is 25.6 Å². The molecule has 0 fully saturated rings. The van der Waals surface area contributed by atoms with Crippen molar-refractivity contribution in [2.75, 3.05) is 32.9 Å². The first-order chi connectivity index (χ1) is 7.57. The Kier molecular flexibility index (Phi) is 23.4. The fourth-order valence-corrected chi connectivity index (χ4v) is 0.756. The highest BCUT2D eigenvalue weighted by Gasteiger charge is 2.11. The summed E-state index contributed by atoms with van der Waals surface area (Å²) in [7, 11) is 0. The lowest BCUT2D eigenvalue weighted by molar-refractivity contribution is -0.156. The van der Waals surface area contributed by atoms with Crippen molar-refractivity contribution in [1.29, 1.82) is 0 Å². The van der Waals surface area contributed by atoms with Crippen LogP contribution in [0.25, 0.3) is 0 Å². The van der Waals surface area contributed by atoms with E-state index in [-0.39, 0.29) is 22.3 Å². The predicted molar refractivity (Wildman–Crippen MR) is 75.7 cm³/mol. The van der Waals surface area contributed by atoms with E-state index in [0.29, 0.717) is 26.3 Å². The quantitative estimate of drug-likeness (QED) is 0.424. The molecule has 7 nitrogen and oxygen atoms in total. The van der Waals surface area contributed by atoms with Gasteiger partial charge in [0, 0.05) is 13.1 Å². The molecule has 0 rings (SSSR count). The van der Waals surface area contributed by atoms with Crippen LogP contribution >= 0.6 is 0 Å². The van der Waals surface area contributed by atoms with E-state index >= 15 is 0 Å². The summed E-state index contributed by atoms with van der Waals surface area (Å²) in [6.45, 7) is 2.41. The van der Waals surface area contributed by atoms with Gasteiger partial charge >= 0.3 is 5.97 Å². The van der Waals surface area contributed by atoms with Gasteiger partial charge in [0.05, 0.1) is 13.2 Å². The summed E-state index contributed by atoms with van der Waals surface area (Å²) in [6, 6.07) is 0. The first kappa shape index (κ1) is 26.4. The molecule has 0 heterocycles. The number of hydrogen-bond acceptors (Lipinski definition) is 6. The summed E-state index contributed by atoms with van der Waals surface area (Å²) in [5, 5.41) is 11.2. The topological polar surface area (TPSA) is 111 Å². The van der Waals surface area contributed by atoms with Crippen molar-refractivity contribution in [2.45, 2.75) is 35.3 Å². The molecule has 1 unspecified atom stereocenters. The Morgan fingerprint density at radius 3 is 2.32 bits per heavy atom. The van der Waals surface area contributed by atoms with Crippen molar-refractivity contribution in [3.05, 3.63) is 0 Å². The highest BCUT2D eigenvalue weighted by Crippen LogP contribution is 1.86. The molecular weight excluding hydrogens is 252 g/mol. The fraction of sp³-hybridized carbons (Fsp3) is 0.833. The highest BCUT2D eigenvalue weighted by molar-refractivity contribution is 5.81. The smallest absolute Gasteiger partial charge is 0.335 e. The maximum absolute atomic E-state index is 11.1. The minimum atomic E-state index is -1.22. The van der Waals surface area contributed by atoms with Gasteiger partial charge in [0.1, 0.15) is 6.10 Å². The van der Waals surface area contributed by atoms with E-state index < -0.39 is 24.6 Å². The van der Waals surface area contributed by atoms with Crippen molar-refractivity contribution < 1.29 is 24.2 Å². The Balaban J connectivity index is -0.000000375. The Morgan fingerprint density at radius 1 is 1.26 bits per heavy atom. The van der Waals surface area contributed by atoms with E-state index in [4.69, 9.17) is 15.6 Å². The van der Waals surface area contributed by atoms with Crippen molar-refractivity contribution in [2.24, 2.45) is 5.73 Å². The zero-order valence-corrected chi connectivity index (χ0v) is 9.27. The zero-order chi connectivity index (χ0) is 12.4. The van der Waals surface area contributed by atoms with Crippen molar-refractivity contribution in [1.82, 2.24) is 5.32 Å². The highest BCUT2D eigenvalue weighted by atomic mass is 16.5. The van der Waals surface area contributed by atoms with Gasteiger partial charge in [-0.05, 0) is 6.92 Å². The monoisotopic (exact) mass is 282 g/mol. The standard InChI is InChI=1S/C9H18N2O5.3CH4/c1-7(12)9(14)16-6-8(13)11-3-5-15-4-2-10;;;/h7,12H,2-6,10H2,1H3,(H,11,13);3*1H4. The molecule has 0 radical (unpaired) electrons. The molecule has 7 heteroatoms. The predicted octanol–water partition coefficient (Wildman–Crippen LogP) is -0.0898. The molecule has 0 bridgehead atoms. The largest absolute Gasteiger partial charge is 0.454 e. The fourth-order valence-electron chi connectivity index (χ4n) is 0.756. The molecular formula is C12H30N2O5. The van der Waals surface area contributed by atoms with Gasteiger partial charge in [0.25, 0.3) is 5.91 Å². The molecule has 1 atom stereocenters. The van der Waals surface area contributed by atoms with E-state index in [9.17, 15) is 9.59 Å². The molecule has 0 aromatic rings. The first-order valence-electron chi connectivity index (χ1n) is 4.97. The van der Waals surface area contributed by atoms with Crippen LogP contribution in [0.4, 0.5) is 0 Å². The van der Waals surface area contributed by atoms with Gasteiger partial charge in [0.15, 0.2) is 6.61 Å². The third-order valence-corrected chi connectivity index (χ3v) is 1.52. The van der Waals surface area contributed by atoms with Crippen LogP contribution < -0.4 is 11.1 Å². The van der Waals surface area contributed by atoms with Crippen molar-refractivity contribution in [3.63, 3.8) is 0 Å². The molecule has 0 spiro atoms. The van der Waals surface area contributed by atoms with Gasteiger partial charge in [-0.15, -0.1) is 0 Å². The van der Waals surface area contributed by atoms with Crippen LogP contribution in [0, 0.1) is 0 Å². The Bertz CT molecular complexity index is 222. The van der Waals surface area contributed by atoms with Crippen LogP contribution in [-0.4, -0.2) is 56.0 Å². The Labute approximate surface area is 116 Å². The number of nitrogens with two attached hydrogens (primary N) is 1. The van der Waals surface area contributed by atoms with Gasteiger partial charge in [-0.3, -0.25) is 4.79 Å². The van der Waals surface area contributed by atoms with Gasteiger partial charge in [-0.25, -0.2) is 4.79 Å². The number of hydrogen-bond donors (Lipinski definition) is 3. The lowest BCUT2D eigenvalue weighted by Crippen LogP contribution is -2.33. The lowest BCUT2D eigenvalue weighted by atomic mass is 10.4. The summed E-state index contributed by atoms with van der Waals surface area (Å²) >= 11 is 0. The van der Waals surface area contributed by atoms with E-state index in [1.165, 1.54) is 6.92 Å². The molecule has 0 aromatic heterocycles. The number of aliphatic hydroxyl groups excluding tert-OH is 1. The number of amides is 1. The summed E-state index contributed by atoms with van der Waals surface area (Å²) in [5.74, 6) is -1.26. The second kappa shape index (κ2) is 16.8. The average molecular weight is 282 g/mol. The minimum Gasteiger partial charge on any atom is -0.454 e. The molecule has 0 aromatic carbocycles. The van der Waals surface area contributed by atoms with E-state index in [1.807, 2.05) is 0 Å². The maximum Gasteiger partial charge on any atom is 0.335 e. The summed E-state index contributed by atoms with van der Waals surface area (Å²) in [5.41, 5.74) is 5.19. The molecule has 0 saturated carbocycles. The van der Waals surface area contributed by atoms with Gasteiger partial charge in [0.2, 0.25) is 0 Å². The molecule has 4 N–H and O–H groups in total. The number of ether oxygens (including phenoxy) is 2. The number of carbonyl (C=O) groups excluding carboxylic acids is 2. The maximum atomic E-state index is 11.1. The van der Waals surface area contributed by atoms with Crippen LogP contribution in [0.2, 0.25) is 0 Å². The molecule has 0 saturated heterocycles. The number of rotatable bonds is 8. The van der Waals surface area contributed by atoms with Crippen molar-refractivity contribution in [3.8, 4) is 0 Å². The van der Waals surface area contributed by atoms with E-state index in [0.717, 1.165) is 0 Å². The number of aliphatic hydroxyl groups is 1. The zero-order valence-electron chi connectivity index (χ0n) is 9.27. The second-order valence-corrected chi connectivity index (χ2v) is 3.03. The van der Waals surface area contributed by atoms with Crippen LogP contribution in [-0.2, 0) is 19.1 Å². The van der Waals surface area contributed by atoms with Gasteiger partial charge in [-0.2, -0.15) is 0 Å². The van der Waals surface area contributed by atoms with E-state index in [2.05, 4.69) is 10.1 Å². The van der Waals surface area contributed by atoms with Crippen LogP contribution in [0.5, 0.6) is 0 Å². The summed E-state index contributed by atoms with van der Waals surface area (Å²) in [6.07, 6.45) is -1.22. The summed E-state index contributed by atoms with van der Waals surface area (Å²) in [4.78, 5) is 21.8. The van der Waals surface area contributed by atoms with E-state index in [1.54, 1.807) is 0 Å². The number of carbonyl (C=O) groups is 2. The SMILES string of the molecule is C.C.C.CC(O)C(=O)OCC(=O)NCCOCCN. The molecule has 0 aliphatic carbocycles. The van der Waals surface area contributed by atoms with Crippen LogP contribution in [0.3, 0.4) is 0 Å². The first-order valence-corrected chi connectivity index (χ1v) is 4.97. The van der Waals surface area contributed by atoms with Gasteiger partial charge in [-0.1, -0.05) is 22.3 Å². The second-order valence-electron chi connectivity index (χ2n) is 3.03. The molecule has 0 aliphatic heterocycles. The molecule has 0 aliphatic rings. The number of esters is 1. The molecule has 19 heavy (non-hydrogen) atoms. The third kappa shape index (κ3) is 16.8. The summed E-state index contributed by atoms with van der Waals surface area (Å²) < 4.78 is 9.49. The Morgan fingerprint density at radius 2 is 1.84 bits per heavy atom.